The molecule has 1 aliphatic heterocycles. The van der Waals surface area contributed by atoms with Crippen LogP contribution in [0.1, 0.15) is 5.56 Å². The highest BCUT2D eigenvalue weighted by Crippen LogP contribution is 2.27. The molecule has 0 aliphatic carbocycles. The number of ether oxygens (including phenoxy) is 2. The van der Waals surface area contributed by atoms with Crippen molar-refractivity contribution < 1.29 is 14.4 Å². The van der Waals surface area contributed by atoms with E-state index in [4.69, 9.17) is 15.2 Å². The highest BCUT2D eigenvalue weighted by Gasteiger charge is 2.20. The lowest BCUT2D eigenvalue weighted by molar-refractivity contribution is -0.914. The van der Waals surface area contributed by atoms with Crippen LogP contribution in [-0.4, -0.2) is 40.4 Å². The summed E-state index contributed by atoms with van der Waals surface area (Å²) in [6.07, 6.45) is 0. The van der Waals surface area contributed by atoms with Crippen LogP contribution in [0.5, 0.6) is 11.5 Å². The van der Waals surface area contributed by atoms with E-state index in [0.717, 1.165) is 49.9 Å². The van der Waals surface area contributed by atoms with Crippen molar-refractivity contribution in [1.82, 2.24) is 0 Å². The van der Waals surface area contributed by atoms with Gasteiger partial charge in [0, 0.05) is 16.9 Å². The van der Waals surface area contributed by atoms with Gasteiger partial charge >= 0.3 is 0 Å². The second kappa shape index (κ2) is 7.45. The second-order valence-electron chi connectivity index (χ2n) is 6.19. The fourth-order valence-electron chi connectivity index (χ4n) is 3.22. The number of anilines is 2. The Balaban J connectivity index is 1.58. The summed E-state index contributed by atoms with van der Waals surface area (Å²) >= 11 is 0. The Morgan fingerprint density at radius 3 is 2.25 bits per heavy atom. The van der Waals surface area contributed by atoms with E-state index in [-0.39, 0.29) is 0 Å². The van der Waals surface area contributed by atoms with Crippen molar-refractivity contribution >= 4 is 11.4 Å². The van der Waals surface area contributed by atoms with E-state index in [9.17, 15) is 0 Å². The Morgan fingerprint density at radius 1 is 0.958 bits per heavy atom. The Bertz CT molecular complexity index is 665. The molecule has 3 N–H and O–H groups in total. The lowest BCUT2D eigenvalue weighted by atomic mass is 10.1. The van der Waals surface area contributed by atoms with Gasteiger partial charge in [-0.1, -0.05) is 0 Å². The molecule has 3 rings (SSSR count). The van der Waals surface area contributed by atoms with Crippen LogP contribution in [0.25, 0.3) is 0 Å². The van der Waals surface area contributed by atoms with Crippen LogP contribution < -0.4 is 25.0 Å². The summed E-state index contributed by atoms with van der Waals surface area (Å²) in [6, 6.07) is 14.3. The monoisotopic (exact) mass is 328 g/mol. The number of quaternary nitrogens is 1. The SMILES string of the molecule is COc1ccc(C[NH+]2CCN(c3ccc(N)cc3)CC2)cc1OC. The zero-order valence-corrected chi connectivity index (χ0v) is 14.4. The van der Waals surface area contributed by atoms with Gasteiger partial charge in [-0.05, 0) is 42.5 Å². The van der Waals surface area contributed by atoms with E-state index in [0.29, 0.717) is 0 Å². The number of hydrogen-bond donors (Lipinski definition) is 2. The molecule has 5 heteroatoms. The molecule has 0 saturated carbocycles. The lowest BCUT2D eigenvalue weighted by Crippen LogP contribution is -3.13. The van der Waals surface area contributed by atoms with Crippen LogP contribution in [0, 0.1) is 0 Å². The van der Waals surface area contributed by atoms with Gasteiger partial charge in [0.15, 0.2) is 11.5 Å². The van der Waals surface area contributed by atoms with Crippen LogP contribution in [0.4, 0.5) is 11.4 Å². The van der Waals surface area contributed by atoms with Gasteiger partial charge in [0.05, 0.1) is 40.4 Å². The summed E-state index contributed by atoms with van der Waals surface area (Å²) in [5.41, 5.74) is 9.12. The minimum absolute atomic E-state index is 0.782. The summed E-state index contributed by atoms with van der Waals surface area (Å²) in [5.74, 6) is 1.58. The molecule has 0 unspecified atom stereocenters. The molecule has 128 valence electrons. The van der Waals surface area contributed by atoms with Crippen molar-refractivity contribution in [2.24, 2.45) is 0 Å². The molecule has 1 heterocycles. The minimum Gasteiger partial charge on any atom is -0.493 e. The van der Waals surface area contributed by atoms with Crippen LogP contribution in [0.15, 0.2) is 42.5 Å². The first-order valence-corrected chi connectivity index (χ1v) is 8.34. The van der Waals surface area contributed by atoms with Crippen LogP contribution in [0.2, 0.25) is 0 Å². The number of methoxy groups -OCH3 is 2. The predicted octanol–water partition coefficient (Wildman–Crippen LogP) is 1.19. The molecule has 1 fully saturated rings. The third-order valence-corrected chi connectivity index (χ3v) is 4.63. The maximum Gasteiger partial charge on any atom is 0.161 e. The third kappa shape index (κ3) is 3.74. The number of benzene rings is 2. The topological polar surface area (TPSA) is 52.2 Å². The predicted molar refractivity (Wildman–Crippen MR) is 97.0 cm³/mol. The standard InChI is InChI=1S/C19H25N3O2/c1-23-18-8-3-15(13-19(18)24-2)14-21-9-11-22(12-10-21)17-6-4-16(20)5-7-17/h3-8,13H,9-12,14,20H2,1-2H3/p+1. The number of nitrogens with two attached hydrogens (primary N) is 1. The quantitative estimate of drug-likeness (QED) is 0.810. The molecule has 0 bridgehead atoms. The van der Waals surface area contributed by atoms with E-state index in [2.05, 4.69) is 29.2 Å². The van der Waals surface area contributed by atoms with Gasteiger partial charge in [-0.2, -0.15) is 0 Å². The van der Waals surface area contributed by atoms with E-state index in [1.807, 2.05) is 18.2 Å². The smallest absolute Gasteiger partial charge is 0.161 e. The van der Waals surface area contributed by atoms with Crippen LogP contribution in [-0.2, 0) is 6.54 Å². The molecule has 24 heavy (non-hydrogen) atoms. The average molecular weight is 328 g/mol. The third-order valence-electron chi connectivity index (χ3n) is 4.63. The Morgan fingerprint density at radius 2 is 1.62 bits per heavy atom. The zero-order valence-electron chi connectivity index (χ0n) is 14.4. The molecular formula is C19H26N3O2+. The van der Waals surface area contributed by atoms with Crippen molar-refractivity contribution in [3.63, 3.8) is 0 Å². The first kappa shape index (κ1) is 16.5. The minimum atomic E-state index is 0.782. The number of rotatable bonds is 5. The molecule has 2 aromatic rings. The first-order chi connectivity index (χ1) is 11.7. The van der Waals surface area contributed by atoms with Gasteiger partial charge in [-0.3, -0.25) is 0 Å². The van der Waals surface area contributed by atoms with E-state index in [1.165, 1.54) is 11.3 Å². The normalized spacial score (nSPS) is 15.3. The van der Waals surface area contributed by atoms with Crippen molar-refractivity contribution in [3.8, 4) is 11.5 Å². The van der Waals surface area contributed by atoms with Crippen molar-refractivity contribution in [2.75, 3.05) is 51.0 Å². The van der Waals surface area contributed by atoms with Gasteiger partial charge < -0.3 is 25.0 Å². The second-order valence-corrected chi connectivity index (χ2v) is 6.19. The zero-order chi connectivity index (χ0) is 16.9. The largest absolute Gasteiger partial charge is 0.493 e. The number of piperazine rings is 1. The fourth-order valence-corrected chi connectivity index (χ4v) is 3.22. The molecule has 1 saturated heterocycles. The molecule has 0 spiro atoms. The summed E-state index contributed by atoms with van der Waals surface area (Å²) in [6.45, 7) is 5.38. The van der Waals surface area contributed by atoms with Gasteiger partial charge in [0.25, 0.3) is 0 Å². The molecule has 0 aromatic heterocycles. The highest BCUT2D eigenvalue weighted by molar-refractivity contribution is 5.53. The van der Waals surface area contributed by atoms with Gasteiger partial charge in [-0.25, -0.2) is 0 Å². The van der Waals surface area contributed by atoms with Gasteiger partial charge in [0.1, 0.15) is 6.54 Å². The van der Waals surface area contributed by atoms with Crippen LogP contribution in [0.3, 0.4) is 0 Å². The van der Waals surface area contributed by atoms with E-state index < -0.39 is 0 Å². The van der Waals surface area contributed by atoms with Crippen molar-refractivity contribution in [3.05, 3.63) is 48.0 Å². The van der Waals surface area contributed by atoms with Crippen molar-refractivity contribution in [1.29, 1.82) is 0 Å². The highest BCUT2D eigenvalue weighted by atomic mass is 16.5. The van der Waals surface area contributed by atoms with Crippen LogP contribution >= 0.6 is 0 Å². The van der Waals surface area contributed by atoms with E-state index >= 15 is 0 Å². The lowest BCUT2D eigenvalue weighted by Gasteiger charge is -2.33. The van der Waals surface area contributed by atoms with E-state index in [1.54, 1.807) is 19.1 Å². The molecule has 0 atom stereocenters. The fraction of sp³-hybridized carbons (Fsp3) is 0.368. The maximum absolute atomic E-state index is 5.77. The summed E-state index contributed by atoms with van der Waals surface area (Å²) in [4.78, 5) is 4.02. The summed E-state index contributed by atoms with van der Waals surface area (Å²) in [5, 5.41) is 0. The van der Waals surface area contributed by atoms with Crippen molar-refractivity contribution in [2.45, 2.75) is 6.54 Å². The van der Waals surface area contributed by atoms with Gasteiger partial charge in [-0.15, -0.1) is 0 Å². The molecule has 2 aromatic carbocycles. The summed E-state index contributed by atoms with van der Waals surface area (Å²) in [7, 11) is 3.35. The van der Waals surface area contributed by atoms with Gasteiger partial charge in [0.2, 0.25) is 0 Å². The Labute approximate surface area is 143 Å². The maximum atomic E-state index is 5.77. The average Bonchev–Trinajstić information content (AvgIpc) is 2.63. The number of hydrogen-bond acceptors (Lipinski definition) is 4. The molecule has 0 amide bonds. The number of nitrogens with zero attached hydrogens (tertiary/aromatic N) is 1. The summed E-state index contributed by atoms with van der Waals surface area (Å²) < 4.78 is 10.7. The number of nitrogens with one attached hydrogen (secondary N) is 1. The molecular weight excluding hydrogens is 302 g/mol. The molecule has 1 aliphatic rings. The Kier molecular flexibility index (Phi) is 5.11. The Hall–Kier alpha value is -2.40. The first-order valence-electron chi connectivity index (χ1n) is 8.34. The molecule has 0 radical (unpaired) electrons. The number of nitrogen functional groups attached to an aromatic ring is 1. The molecule has 5 nitrogen and oxygen atoms in total.